The molecule has 3 N–H and O–H groups in total. The van der Waals surface area contributed by atoms with E-state index in [4.69, 9.17) is 23.8 Å². The molecule has 0 bridgehead atoms. The molecule has 0 saturated heterocycles. The van der Waals surface area contributed by atoms with Crippen LogP contribution in [0.15, 0.2) is 84.9 Å². The second kappa shape index (κ2) is 10.3. The van der Waals surface area contributed by atoms with Crippen molar-refractivity contribution in [1.82, 2.24) is 5.32 Å². The topological polar surface area (TPSA) is 70.2 Å². The van der Waals surface area contributed by atoms with Crippen molar-refractivity contribution in [3.05, 3.63) is 101 Å². The fourth-order valence-corrected chi connectivity index (χ4v) is 2.97. The molecule has 0 aliphatic heterocycles. The third kappa shape index (κ3) is 6.27. The Balaban J connectivity index is 1.57. The number of anilines is 2. The highest BCUT2D eigenvalue weighted by Crippen LogP contribution is 2.16. The quantitative estimate of drug-likeness (QED) is 0.384. The molecule has 2 amide bonds. The molecule has 0 heterocycles. The number of carbonyl (C=O) groups excluding carboxylic acids is 2. The summed E-state index contributed by atoms with van der Waals surface area (Å²) in [5.41, 5.74) is 2.46. The van der Waals surface area contributed by atoms with Crippen LogP contribution in [0.25, 0.3) is 6.08 Å². The van der Waals surface area contributed by atoms with Crippen molar-refractivity contribution < 1.29 is 9.59 Å². The predicted octanol–water partition coefficient (Wildman–Crippen LogP) is 5.12. The fraction of sp³-hybridized carbons (Fsp3) is 0. The lowest BCUT2D eigenvalue weighted by molar-refractivity contribution is -0.115. The maximum Gasteiger partial charge on any atom is 0.255 e. The first-order chi connectivity index (χ1) is 14.5. The zero-order chi connectivity index (χ0) is 21.3. The van der Waals surface area contributed by atoms with E-state index in [1.54, 1.807) is 54.6 Å². The third-order valence-electron chi connectivity index (χ3n) is 3.97. The van der Waals surface area contributed by atoms with Crippen molar-refractivity contribution in [2.45, 2.75) is 0 Å². The highest BCUT2D eigenvalue weighted by molar-refractivity contribution is 7.80. The highest BCUT2D eigenvalue weighted by atomic mass is 35.5. The van der Waals surface area contributed by atoms with E-state index in [0.29, 0.717) is 22.0 Å². The van der Waals surface area contributed by atoms with E-state index in [0.717, 1.165) is 5.56 Å². The highest BCUT2D eigenvalue weighted by Gasteiger charge is 2.08. The maximum absolute atomic E-state index is 12.4. The molecule has 150 valence electrons. The molecule has 0 spiro atoms. The second-order valence-electron chi connectivity index (χ2n) is 6.20. The van der Waals surface area contributed by atoms with Gasteiger partial charge < -0.3 is 10.6 Å². The molecule has 0 saturated carbocycles. The van der Waals surface area contributed by atoms with Crippen LogP contribution in [0.2, 0.25) is 5.02 Å². The van der Waals surface area contributed by atoms with E-state index >= 15 is 0 Å². The van der Waals surface area contributed by atoms with Crippen LogP contribution >= 0.6 is 23.8 Å². The summed E-state index contributed by atoms with van der Waals surface area (Å²) < 4.78 is 0. The van der Waals surface area contributed by atoms with Crippen LogP contribution < -0.4 is 16.0 Å². The van der Waals surface area contributed by atoms with Gasteiger partial charge in [-0.15, -0.1) is 0 Å². The summed E-state index contributed by atoms with van der Waals surface area (Å²) in [6, 6.07) is 23.2. The van der Waals surface area contributed by atoms with Crippen LogP contribution in [0.5, 0.6) is 0 Å². The van der Waals surface area contributed by atoms with Gasteiger partial charge in [0.15, 0.2) is 5.11 Å². The Bertz CT molecular complexity index is 1100. The van der Waals surface area contributed by atoms with Gasteiger partial charge in [0.2, 0.25) is 5.91 Å². The normalized spacial score (nSPS) is 10.4. The van der Waals surface area contributed by atoms with Crippen molar-refractivity contribution in [2.24, 2.45) is 0 Å². The van der Waals surface area contributed by atoms with Gasteiger partial charge in [0, 0.05) is 28.0 Å². The van der Waals surface area contributed by atoms with Crippen LogP contribution in [0.3, 0.4) is 0 Å². The van der Waals surface area contributed by atoms with E-state index in [9.17, 15) is 9.59 Å². The first-order valence-electron chi connectivity index (χ1n) is 9.02. The zero-order valence-corrected chi connectivity index (χ0v) is 17.3. The maximum atomic E-state index is 12.4. The van der Waals surface area contributed by atoms with E-state index in [1.165, 1.54) is 6.08 Å². The number of thiocarbonyl (C=S) groups is 1. The van der Waals surface area contributed by atoms with E-state index in [1.807, 2.05) is 30.3 Å². The second-order valence-corrected chi connectivity index (χ2v) is 7.01. The van der Waals surface area contributed by atoms with Crippen molar-refractivity contribution in [3.8, 4) is 0 Å². The summed E-state index contributed by atoms with van der Waals surface area (Å²) in [4.78, 5) is 24.5. The molecule has 0 aliphatic carbocycles. The lowest BCUT2D eigenvalue weighted by Gasteiger charge is -2.10. The van der Waals surface area contributed by atoms with Gasteiger partial charge in [0.1, 0.15) is 0 Å². The van der Waals surface area contributed by atoms with Crippen LogP contribution in [-0.4, -0.2) is 16.9 Å². The molecule has 7 heteroatoms. The average Bonchev–Trinajstić information content (AvgIpc) is 2.74. The third-order valence-corrected chi connectivity index (χ3v) is 4.52. The number of benzene rings is 3. The van der Waals surface area contributed by atoms with E-state index in [2.05, 4.69) is 16.0 Å². The molecule has 0 fully saturated rings. The number of nitrogens with one attached hydrogen (secondary N) is 3. The van der Waals surface area contributed by atoms with Crippen molar-refractivity contribution in [1.29, 1.82) is 0 Å². The molecule has 0 unspecified atom stereocenters. The van der Waals surface area contributed by atoms with Gasteiger partial charge in [-0.1, -0.05) is 54.1 Å². The van der Waals surface area contributed by atoms with Crippen molar-refractivity contribution in [2.75, 3.05) is 10.6 Å². The largest absolute Gasteiger partial charge is 0.332 e. The molecular formula is C23H18ClN3O2S. The van der Waals surface area contributed by atoms with Gasteiger partial charge in [0.05, 0.1) is 0 Å². The number of rotatable bonds is 5. The Kier molecular flexibility index (Phi) is 7.32. The van der Waals surface area contributed by atoms with Gasteiger partial charge in [-0.3, -0.25) is 14.9 Å². The molecular weight excluding hydrogens is 418 g/mol. The van der Waals surface area contributed by atoms with Gasteiger partial charge in [-0.05, 0) is 60.3 Å². The van der Waals surface area contributed by atoms with Crippen molar-refractivity contribution in [3.63, 3.8) is 0 Å². The summed E-state index contributed by atoms with van der Waals surface area (Å²) in [6.45, 7) is 0. The van der Waals surface area contributed by atoms with Crippen LogP contribution in [0.1, 0.15) is 15.9 Å². The van der Waals surface area contributed by atoms with E-state index < -0.39 is 5.91 Å². The molecule has 0 radical (unpaired) electrons. The number of para-hydroxylation sites is 1. The minimum Gasteiger partial charge on any atom is -0.332 e. The lowest BCUT2D eigenvalue weighted by Crippen LogP contribution is -2.32. The van der Waals surface area contributed by atoms with Crippen molar-refractivity contribution >= 4 is 58.2 Å². The number of hydrogen-bond acceptors (Lipinski definition) is 3. The Morgan fingerprint density at radius 3 is 2.30 bits per heavy atom. The average molecular weight is 436 g/mol. The monoisotopic (exact) mass is 435 g/mol. The van der Waals surface area contributed by atoms with Crippen LogP contribution in [-0.2, 0) is 4.79 Å². The summed E-state index contributed by atoms with van der Waals surface area (Å²) in [7, 11) is 0. The SMILES string of the molecule is O=C(/C=C/c1ccccc1Cl)NC(=S)Nc1cccc(C(=O)Nc2ccccc2)c1. The number of hydrogen-bond donors (Lipinski definition) is 3. The molecule has 30 heavy (non-hydrogen) atoms. The van der Waals surface area contributed by atoms with Gasteiger partial charge in [-0.2, -0.15) is 0 Å². The summed E-state index contributed by atoms with van der Waals surface area (Å²) >= 11 is 11.2. The fourth-order valence-electron chi connectivity index (χ4n) is 2.55. The summed E-state index contributed by atoms with van der Waals surface area (Å²) in [5.74, 6) is -0.645. The lowest BCUT2D eigenvalue weighted by atomic mass is 10.2. The Labute approximate surface area is 184 Å². The minimum atomic E-state index is -0.398. The number of halogens is 1. The number of carbonyl (C=O) groups is 2. The first kappa shape index (κ1) is 21.2. The Morgan fingerprint density at radius 2 is 1.53 bits per heavy atom. The number of amides is 2. The predicted molar refractivity (Wildman–Crippen MR) is 126 cm³/mol. The standard InChI is InChI=1S/C23H18ClN3O2S/c24-20-12-5-4-7-16(20)13-14-21(28)27-23(30)26-19-11-6-8-17(15-19)22(29)25-18-9-2-1-3-10-18/h1-15H,(H,25,29)(H2,26,27,28,30)/b14-13+. The van der Waals surface area contributed by atoms with Crippen LogP contribution in [0.4, 0.5) is 11.4 Å². The van der Waals surface area contributed by atoms with Gasteiger partial charge in [0.25, 0.3) is 5.91 Å². The van der Waals surface area contributed by atoms with E-state index in [-0.39, 0.29) is 11.0 Å². The molecule has 3 rings (SSSR count). The molecule has 3 aromatic carbocycles. The molecule has 5 nitrogen and oxygen atoms in total. The van der Waals surface area contributed by atoms with Gasteiger partial charge >= 0.3 is 0 Å². The minimum absolute atomic E-state index is 0.115. The first-order valence-corrected chi connectivity index (χ1v) is 9.81. The summed E-state index contributed by atoms with van der Waals surface area (Å²) in [6.07, 6.45) is 2.95. The molecule has 0 atom stereocenters. The molecule has 0 aliphatic rings. The van der Waals surface area contributed by atoms with Crippen LogP contribution in [0, 0.1) is 0 Å². The molecule has 0 aromatic heterocycles. The molecule has 3 aromatic rings. The Morgan fingerprint density at radius 1 is 0.833 bits per heavy atom. The summed E-state index contributed by atoms with van der Waals surface area (Å²) in [5, 5.41) is 8.94. The zero-order valence-electron chi connectivity index (χ0n) is 15.8. The smallest absolute Gasteiger partial charge is 0.255 e. The van der Waals surface area contributed by atoms with Gasteiger partial charge in [-0.25, -0.2) is 0 Å². The Hall–Kier alpha value is -3.48.